The number of carbonyl (C=O) groups excluding carboxylic acids is 2. The maximum Gasteiger partial charge on any atom is 0.268 e. The van der Waals surface area contributed by atoms with Crippen molar-refractivity contribution in [1.29, 1.82) is 5.26 Å². The number of fused-ring (bicyclic) bond motifs is 1. The number of nitriles is 1. The van der Waals surface area contributed by atoms with E-state index in [0.29, 0.717) is 22.4 Å². The van der Waals surface area contributed by atoms with Gasteiger partial charge in [-0.05, 0) is 36.8 Å². The van der Waals surface area contributed by atoms with Crippen molar-refractivity contribution in [2.75, 3.05) is 5.32 Å². The normalized spacial score (nSPS) is 13.5. The highest BCUT2D eigenvalue weighted by atomic mass is 16.2. The van der Waals surface area contributed by atoms with E-state index < -0.39 is 5.91 Å². The minimum absolute atomic E-state index is 0.139. The van der Waals surface area contributed by atoms with Crippen molar-refractivity contribution in [3.8, 4) is 6.07 Å². The number of aromatic nitrogens is 1. The van der Waals surface area contributed by atoms with Crippen LogP contribution in [0.3, 0.4) is 0 Å². The van der Waals surface area contributed by atoms with Crippen molar-refractivity contribution < 1.29 is 9.59 Å². The molecule has 0 aliphatic carbocycles. The van der Waals surface area contributed by atoms with Gasteiger partial charge in [0.05, 0.1) is 11.3 Å². The second-order valence-electron chi connectivity index (χ2n) is 6.86. The van der Waals surface area contributed by atoms with Crippen LogP contribution in [0, 0.1) is 18.3 Å². The van der Waals surface area contributed by atoms with Crippen LogP contribution in [-0.2, 0) is 4.79 Å². The lowest BCUT2D eigenvalue weighted by Gasteiger charge is -2.07. The third-order valence-corrected chi connectivity index (χ3v) is 4.67. The lowest BCUT2D eigenvalue weighted by molar-refractivity contribution is -0.112. The summed E-state index contributed by atoms with van der Waals surface area (Å²) in [6, 6.07) is 19.7. The molecular formula is C24H17N5O2. The summed E-state index contributed by atoms with van der Waals surface area (Å²) < 4.78 is 0. The van der Waals surface area contributed by atoms with E-state index in [4.69, 9.17) is 0 Å². The average molecular weight is 407 g/mol. The molecule has 150 valence electrons. The van der Waals surface area contributed by atoms with Crippen LogP contribution in [0.15, 0.2) is 83.6 Å². The molecule has 3 aromatic rings. The SMILES string of the molecule is Cc1cccc(NC(=O)C(C#N)=C2N=C(NC(=O)c3cccnc3)c3ccccc32)c1. The number of aliphatic imine (C=N–C) groups is 1. The van der Waals surface area contributed by atoms with Gasteiger partial charge in [0.15, 0.2) is 0 Å². The third-order valence-electron chi connectivity index (χ3n) is 4.67. The molecule has 2 aromatic carbocycles. The number of amides is 2. The van der Waals surface area contributed by atoms with E-state index in [-0.39, 0.29) is 23.0 Å². The predicted octanol–water partition coefficient (Wildman–Crippen LogP) is 3.45. The molecule has 2 amide bonds. The average Bonchev–Trinajstić information content (AvgIpc) is 3.13. The fourth-order valence-electron chi connectivity index (χ4n) is 3.22. The molecule has 0 bridgehead atoms. The maximum atomic E-state index is 12.8. The lowest BCUT2D eigenvalue weighted by Crippen LogP contribution is -2.30. The predicted molar refractivity (Wildman–Crippen MR) is 117 cm³/mol. The molecular weight excluding hydrogens is 390 g/mol. The van der Waals surface area contributed by atoms with Gasteiger partial charge in [-0.3, -0.25) is 14.6 Å². The number of anilines is 1. The number of hydrogen-bond acceptors (Lipinski definition) is 5. The van der Waals surface area contributed by atoms with Gasteiger partial charge in [0, 0.05) is 29.2 Å². The zero-order valence-electron chi connectivity index (χ0n) is 16.6. The lowest BCUT2D eigenvalue weighted by atomic mass is 10.0. The quantitative estimate of drug-likeness (QED) is 0.512. The molecule has 7 heteroatoms. The molecule has 4 rings (SSSR count). The highest BCUT2D eigenvalue weighted by Gasteiger charge is 2.27. The minimum Gasteiger partial charge on any atom is -0.321 e. The highest BCUT2D eigenvalue weighted by molar-refractivity contribution is 6.21. The first kappa shape index (κ1) is 19.7. The number of carbonyl (C=O) groups is 2. The van der Waals surface area contributed by atoms with Crippen LogP contribution in [0.2, 0.25) is 0 Å². The smallest absolute Gasteiger partial charge is 0.268 e. The third kappa shape index (κ3) is 4.09. The standard InChI is InChI=1S/C24H17N5O2/c1-15-6-4-8-17(12-15)27-24(31)20(13-25)21-18-9-2-3-10-19(18)22(28-21)29-23(30)16-7-5-11-26-14-16/h2-12,14H,1H3,(H,27,31)(H,28,29,30). The number of hydrogen-bond donors (Lipinski definition) is 2. The molecule has 1 aromatic heterocycles. The van der Waals surface area contributed by atoms with Gasteiger partial charge in [0.25, 0.3) is 11.8 Å². The van der Waals surface area contributed by atoms with E-state index in [9.17, 15) is 14.9 Å². The number of benzene rings is 2. The molecule has 0 spiro atoms. The van der Waals surface area contributed by atoms with Crippen LogP contribution in [0.4, 0.5) is 5.69 Å². The van der Waals surface area contributed by atoms with E-state index in [1.807, 2.05) is 31.2 Å². The Labute approximate surface area is 178 Å². The summed E-state index contributed by atoms with van der Waals surface area (Å²) in [6.07, 6.45) is 3.02. The van der Waals surface area contributed by atoms with Gasteiger partial charge in [0.1, 0.15) is 17.5 Å². The van der Waals surface area contributed by atoms with Gasteiger partial charge in [-0.25, -0.2) is 4.99 Å². The molecule has 0 saturated heterocycles. The molecule has 1 aliphatic rings. The van der Waals surface area contributed by atoms with Crippen molar-refractivity contribution in [3.63, 3.8) is 0 Å². The number of rotatable bonds is 3. The summed E-state index contributed by atoms with van der Waals surface area (Å²) in [7, 11) is 0. The number of pyridine rings is 1. The fourth-order valence-corrected chi connectivity index (χ4v) is 3.22. The van der Waals surface area contributed by atoms with Crippen LogP contribution in [0.25, 0.3) is 5.70 Å². The van der Waals surface area contributed by atoms with Gasteiger partial charge in [-0.15, -0.1) is 0 Å². The molecule has 2 N–H and O–H groups in total. The van der Waals surface area contributed by atoms with Crippen LogP contribution < -0.4 is 10.6 Å². The summed E-state index contributed by atoms with van der Waals surface area (Å²) in [4.78, 5) is 33.8. The number of amidine groups is 1. The van der Waals surface area contributed by atoms with Crippen LogP contribution in [0.1, 0.15) is 27.0 Å². The summed E-state index contributed by atoms with van der Waals surface area (Å²) in [6.45, 7) is 1.91. The molecule has 0 fully saturated rings. The van der Waals surface area contributed by atoms with E-state index in [2.05, 4.69) is 20.6 Å². The monoisotopic (exact) mass is 407 g/mol. The molecule has 0 radical (unpaired) electrons. The minimum atomic E-state index is -0.568. The van der Waals surface area contributed by atoms with Crippen molar-refractivity contribution in [3.05, 3.63) is 101 Å². The Morgan fingerprint density at radius 2 is 1.77 bits per heavy atom. The van der Waals surface area contributed by atoms with Gasteiger partial charge in [-0.2, -0.15) is 5.26 Å². The second kappa shape index (κ2) is 8.43. The Balaban J connectivity index is 1.70. The fraction of sp³-hybridized carbons (Fsp3) is 0.0417. The summed E-state index contributed by atoms with van der Waals surface area (Å²) >= 11 is 0. The van der Waals surface area contributed by atoms with E-state index in [1.54, 1.807) is 48.7 Å². The zero-order valence-corrected chi connectivity index (χ0v) is 16.6. The second-order valence-corrected chi connectivity index (χ2v) is 6.86. The van der Waals surface area contributed by atoms with Gasteiger partial charge in [-0.1, -0.05) is 36.4 Å². The Bertz CT molecular complexity index is 1290. The Kier molecular flexibility index (Phi) is 5.37. The molecule has 0 unspecified atom stereocenters. The van der Waals surface area contributed by atoms with Crippen molar-refractivity contribution in [1.82, 2.24) is 10.3 Å². The first-order valence-electron chi connectivity index (χ1n) is 9.49. The van der Waals surface area contributed by atoms with Gasteiger partial charge >= 0.3 is 0 Å². The van der Waals surface area contributed by atoms with Gasteiger partial charge < -0.3 is 10.6 Å². The van der Waals surface area contributed by atoms with Crippen molar-refractivity contribution in [2.45, 2.75) is 6.92 Å². The molecule has 1 aliphatic heterocycles. The summed E-state index contributed by atoms with van der Waals surface area (Å²) in [5, 5.41) is 15.2. The van der Waals surface area contributed by atoms with Crippen molar-refractivity contribution in [2.24, 2.45) is 4.99 Å². The Hall–Kier alpha value is -4.57. The molecule has 0 saturated carbocycles. The summed E-state index contributed by atoms with van der Waals surface area (Å²) in [5.74, 6) is -0.678. The first-order chi connectivity index (χ1) is 15.1. The van der Waals surface area contributed by atoms with E-state index >= 15 is 0 Å². The largest absolute Gasteiger partial charge is 0.321 e. The number of nitrogens with zero attached hydrogens (tertiary/aromatic N) is 3. The Morgan fingerprint density at radius 3 is 2.48 bits per heavy atom. The van der Waals surface area contributed by atoms with Crippen LogP contribution in [-0.4, -0.2) is 22.6 Å². The zero-order chi connectivity index (χ0) is 21.8. The van der Waals surface area contributed by atoms with Crippen LogP contribution >= 0.6 is 0 Å². The maximum absolute atomic E-state index is 12.8. The number of aryl methyl sites for hydroxylation is 1. The number of nitrogens with one attached hydrogen (secondary N) is 2. The molecule has 31 heavy (non-hydrogen) atoms. The van der Waals surface area contributed by atoms with E-state index in [1.165, 1.54) is 6.20 Å². The Morgan fingerprint density at radius 1 is 0.968 bits per heavy atom. The van der Waals surface area contributed by atoms with Crippen molar-refractivity contribution >= 4 is 29.0 Å². The molecule has 0 atom stereocenters. The van der Waals surface area contributed by atoms with E-state index in [0.717, 1.165) is 5.56 Å². The highest BCUT2D eigenvalue weighted by Crippen LogP contribution is 2.31. The van der Waals surface area contributed by atoms with Gasteiger partial charge in [0.2, 0.25) is 0 Å². The first-order valence-corrected chi connectivity index (χ1v) is 9.49. The molecule has 2 heterocycles. The topological polar surface area (TPSA) is 107 Å². The summed E-state index contributed by atoms with van der Waals surface area (Å²) in [5.41, 5.74) is 3.24. The van der Waals surface area contributed by atoms with Crippen LogP contribution in [0.5, 0.6) is 0 Å². The molecule has 7 nitrogen and oxygen atoms in total.